The van der Waals surface area contributed by atoms with Crippen molar-refractivity contribution in [1.29, 1.82) is 0 Å². The van der Waals surface area contributed by atoms with Crippen molar-refractivity contribution < 1.29 is 9.59 Å². The third-order valence-electron chi connectivity index (χ3n) is 4.74. The number of nitrogens with one attached hydrogen (secondary N) is 3. The molecule has 154 valence electrons. The Kier molecular flexibility index (Phi) is 8.74. The molecule has 8 heteroatoms. The Hall–Kier alpha value is -2.61. The van der Waals surface area contributed by atoms with Gasteiger partial charge in [-0.15, -0.1) is 0 Å². The summed E-state index contributed by atoms with van der Waals surface area (Å²) in [6.45, 7) is 5.50. The lowest BCUT2D eigenvalue weighted by Gasteiger charge is -2.32. The topological polar surface area (TPSA) is 112 Å². The standard InChI is InChI=1S/C20H32N6O2/c1-3-23-20(25-17-8-11-26(12-9-17)14-18(21)27)24-10-7-15-5-4-6-16(13-15)19(28)22-2/h4-6,13,17H,3,7-12,14H2,1-2H3,(H2,21,27)(H,22,28)(H2,23,24,25). The average molecular weight is 389 g/mol. The number of hydrogen-bond donors (Lipinski definition) is 4. The third kappa shape index (κ3) is 7.19. The molecule has 0 saturated carbocycles. The molecule has 5 N–H and O–H groups in total. The molecule has 1 aromatic carbocycles. The van der Waals surface area contributed by atoms with Crippen molar-refractivity contribution in [2.75, 3.05) is 39.8 Å². The van der Waals surface area contributed by atoms with Gasteiger partial charge < -0.3 is 21.7 Å². The van der Waals surface area contributed by atoms with E-state index in [0.717, 1.165) is 50.4 Å². The van der Waals surface area contributed by atoms with Crippen molar-refractivity contribution >= 4 is 17.8 Å². The molecular formula is C20H32N6O2. The summed E-state index contributed by atoms with van der Waals surface area (Å²) >= 11 is 0. The number of primary amides is 1. The predicted molar refractivity (Wildman–Crippen MR) is 111 cm³/mol. The first-order chi connectivity index (χ1) is 13.5. The minimum atomic E-state index is -0.276. The van der Waals surface area contributed by atoms with E-state index in [1.165, 1.54) is 0 Å². The fourth-order valence-electron chi connectivity index (χ4n) is 3.28. The number of carbonyl (C=O) groups is 2. The van der Waals surface area contributed by atoms with Gasteiger partial charge in [0, 0.05) is 44.8 Å². The van der Waals surface area contributed by atoms with E-state index in [4.69, 9.17) is 5.73 Å². The van der Waals surface area contributed by atoms with Gasteiger partial charge in [-0.1, -0.05) is 12.1 Å². The minimum absolute atomic E-state index is 0.0805. The number of amides is 2. The smallest absolute Gasteiger partial charge is 0.251 e. The van der Waals surface area contributed by atoms with Gasteiger partial charge in [0.1, 0.15) is 0 Å². The zero-order valence-corrected chi connectivity index (χ0v) is 16.8. The van der Waals surface area contributed by atoms with Crippen molar-refractivity contribution in [3.05, 3.63) is 35.4 Å². The highest BCUT2D eigenvalue weighted by molar-refractivity contribution is 5.94. The number of rotatable bonds is 8. The molecule has 1 aliphatic rings. The van der Waals surface area contributed by atoms with Gasteiger partial charge in [-0.3, -0.25) is 19.5 Å². The SMILES string of the molecule is CCNC(=NCCc1cccc(C(=O)NC)c1)NC1CCN(CC(N)=O)CC1. The van der Waals surface area contributed by atoms with Crippen LogP contribution in [0.2, 0.25) is 0 Å². The highest BCUT2D eigenvalue weighted by Crippen LogP contribution is 2.10. The Bertz CT molecular complexity index is 683. The molecule has 1 fully saturated rings. The van der Waals surface area contributed by atoms with Crippen LogP contribution in [0.25, 0.3) is 0 Å². The average Bonchev–Trinajstić information content (AvgIpc) is 2.69. The lowest BCUT2D eigenvalue weighted by Crippen LogP contribution is -2.49. The first kappa shape index (κ1) is 21.7. The highest BCUT2D eigenvalue weighted by atomic mass is 16.2. The van der Waals surface area contributed by atoms with Crippen molar-refractivity contribution in [1.82, 2.24) is 20.9 Å². The second-order valence-corrected chi connectivity index (χ2v) is 6.95. The number of aliphatic imine (C=N–C) groups is 1. The lowest BCUT2D eigenvalue weighted by molar-refractivity contribution is -0.119. The predicted octanol–water partition coefficient (Wildman–Crippen LogP) is 0.0935. The van der Waals surface area contributed by atoms with Gasteiger partial charge in [0.2, 0.25) is 5.91 Å². The van der Waals surface area contributed by atoms with Crippen molar-refractivity contribution in [2.45, 2.75) is 32.2 Å². The number of nitrogens with zero attached hydrogens (tertiary/aromatic N) is 2. The molecule has 1 heterocycles. The van der Waals surface area contributed by atoms with Gasteiger partial charge in [0.05, 0.1) is 6.54 Å². The molecule has 2 rings (SSSR count). The fourth-order valence-corrected chi connectivity index (χ4v) is 3.28. The molecule has 1 aromatic rings. The van der Waals surface area contributed by atoms with Crippen molar-refractivity contribution in [2.24, 2.45) is 10.7 Å². The molecule has 0 bridgehead atoms. The summed E-state index contributed by atoms with van der Waals surface area (Å²) < 4.78 is 0. The van der Waals surface area contributed by atoms with Crippen molar-refractivity contribution in [3.8, 4) is 0 Å². The Balaban J connectivity index is 1.85. The maximum atomic E-state index is 11.7. The minimum Gasteiger partial charge on any atom is -0.369 e. The van der Waals surface area contributed by atoms with Gasteiger partial charge in [0.25, 0.3) is 5.91 Å². The van der Waals surface area contributed by atoms with Gasteiger partial charge in [-0.2, -0.15) is 0 Å². The number of likely N-dealkylation sites (tertiary alicyclic amines) is 1. The van der Waals surface area contributed by atoms with Crippen LogP contribution >= 0.6 is 0 Å². The normalized spacial score (nSPS) is 15.9. The van der Waals surface area contributed by atoms with Gasteiger partial charge in [-0.05, 0) is 43.9 Å². The Morgan fingerprint density at radius 3 is 2.68 bits per heavy atom. The quantitative estimate of drug-likeness (QED) is 0.373. The fraction of sp³-hybridized carbons (Fsp3) is 0.550. The van der Waals surface area contributed by atoms with E-state index >= 15 is 0 Å². The van der Waals surface area contributed by atoms with E-state index in [9.17, 15) is 9.59 Å². The summed E-state index contributed by atoms with van der Waals surface area (Å²) in [5, 5.41) is 9.42. The Morgan fingerprint density at radius 1 is 1.29 bits per heavy atom. The Morgan fingerprint density at radius 2 is 2.04 bits per heavy atom. The number of benzene rings is 1. The van der Waals surface area contributed by atoms with E-state index in [0.29, 0.717) is 24.7 Å². The number of carbonyl (C=O) groups excluding carboxylic acids is 2. The molecule has 0 aliphatic carbocycles. The van der Waals surface area contributed by atoms with Crippen LogP contribution in [0.3, 0.4) is 0 Å². The maximum absolute atomic E-state index is 11.7. The van der Waals surface area contributed by atoms with Crippen LogP contribution in [0.5, 0.6) is 0 Å². The monoisotopic (exact) mass is 388 g/mol. The molecule has 28 heavy (non-hydrogen) atoms. The molecular weight excluding hydrogens is 356 g/mol. The van der Waals surface area contributed by atoms with E-state index in [1.54, 1.807) is 7.05 Å². The summed E-state index contributed by atoms with van der Waals surface area (Å²) in [7, 11) is 1.63. The summed E-state index contributed by atoms with van der Waals surface area (Å²) in [4.78, 5) is 29.5. The van der Waals surface area contributed by atoms with E-state index in [2.05, 4.69) is 25.8 Å². The highest BCUT2D eigenvalue weighted by Gasteiger charge is 2.20. The summed E-state index contributed by atoms with van der Waals surface area (Å²) in [6, 6.07) is 7.95. The summed E-state index contributed by atoms with van der Waals surface area (Å²) in [6.07, 6.45) is 2.66. The third-order valence-corrected chi connectivity index (χ3v) is 4.74. The van der Waals surface area contributed by atoms with Gasteiger partial charge in [0.15, 0.2) is 5.96 Å². The van der Waals surface area contributed by atoms with Gasteiger partial charge >= 0.3 is 0 Å². The maximum Gasteiger partial charge on any atom is 0.251 e. The molecule has 1 aliphatic heterocycles. The molecule has 0 spiro atoms. The van der Waals surface area contributed by atoms with Crippen LogP contribution in [0.4, 0.5) is 0 Å². The van der Waals surface area contributed by atoms with Gasteiger partial charge in [-0.25, -0.2) is 0 Å². The Labute approximate surface area is 167 Å². The van der Waals surface area contributed by atoms with E-state index in [-0.39, 0.29) is 11.8 Å². The first-order valence-corrected chi connectivity index (χ1v) is 9.88. The molecule has 0 radical (unpaired) electrons. The summed E-state index contributed by atoms with van der Waals surface area (Å²) in [5.41, 5.74) is 7.01. The largest absolute Gasteiger partial charge is 0.369 e. The van der Waals surface area contributed by atoms with Crippen LogP contribution in [0.1, 0.15) is 35.7 Å². The second-order valence-electron chi connectivity index (χ2n) is 6.95. The number of hydrogen-bond acceptors (Lipinski definition) is 4. The number of nitrogens with two attached hydrogens (primary N) is 1. The van der Waals surface area contributed by atoms with E-state index < -0.39 is 0 Å². The van der Waals surface area contributed by atoms with Crippen LogP contribution in [-0.2, 0) is 11.2 Å². The molecule has 8 nitrogen and oxygen atoms in total. The number of guanidine groups is 1. The van der Waals surface area contributed by atoms with Crippen LogP contribution < -0.4 is 21.7 Å². The van der Waals surface area contributed by atoms with Crippen LogP contribution in [0, 0.1) is 0 Å². The molecule has 1 saturated heterocycles. The number of piperidine rings is 1. The lowest BCUT2D eigenvalue weighted by atomic mass is 10.1. The molecule has 2 amide bonds. The van der Waals surface area contributed by atoms with Crippen LogP contribution in [-0.4, -0.2) is 68.5 Å². The van der Waals surface area contributed by atoms with Crippen LogP contribution in [0.15, 0.2) is 29.3 Å². The first-order valence-electron chi connectivity index (χ1n) is 9.88. The molecule has 0 aromatic heterocycles. The molecule has 0 unspecified atom stereocenters. The summed E-state index contributed by atoms with van der Waals surface area (Å²) in [5.74, 6) is 0.447. The van der Waals surface area contributed by atoms with Crippen molar-refractivity contribution in [3.63, 3.8) is 0 Å². The zero-order valence-electron chi connectivity index (χ0n) is 16.8. The van der Waals surface area contributed by atoms with E-state index in [1.807, 2.05) is 31.2 Å². The zero-order chi connectivity index (χ0) is 20.4. The second kappa shape index (κ2) is 11.3. The molecule has 0 atom stereocenters.